The number of aromatic nitrogens is 3. The molecule has 0 aliphatic heterocycles. The summed E-state index contributed by atoms with van der Waals surface area (Å²) in [5.74, 6) is 0.642. The number of carbonyl (C=O) groups is 1. The molecular formula is C21H17N5O3S. The number of thiazole rings is 1. The number of amides is 1. The number of benzene rings is 2. The van der Waals surface area contributed by atoms with Gasteiger partial charge in [-0.1, -0.05) is 36.4 Å². The molecule has 0 saturated carbocycles. The highest BCUT2D eigenvalue weighted by Crippen LogP contribution is 2.28. The van der Waals surface area contributed by atoms with Crippen molar-refractivity contribution in [1.82, 2.24) is 14.5 Å². The van der Waals surface area contributed by atoms with Crippen molar-refractivity contribution in [3.8, 4) is 16.4 Å². The van der Waals surface area contributed by atoms with Gasteiger partial charge in [-0.15, -0.1) is 11.3 Å². The minimum absolute atomic E-state index is 0.0974. The predicted octanol–water partition coefficient (Wildman–Crippen LogP) is 4.77. The average molecular weight is 419 g/mol. The summed E-state index contributed by atoms with van der Waals surface area (Å²) in [6.45, 7) is 3.45. The molecule has 1 amide bonds. The van der Waals surface area contributed by atoms with Gasteiger partial charge in [0.25, 0.3) is 11.6 Å². The Labute approximate surface area is 176 Å². The highest BCUT2D eigenvalue weighted by molar-refractivity contribution is 7.12. The molecule has 0 aliphatic rings. The van der Waals surface area contributed by atoms with Crippen LogP contribution in [0, 0.1) is 24.0 Å². The van der Waals surface area contributed by atoms with Crippen LogP contribution in [0.3, 0.4) is 0 Å². The van der Waals surface area contributed by atoms with Crippen molar-refractivity contribution >= 4 is 28.7 Å². The highest BCUT2D eigenvalue weighted by Gasteiger charge is 2.18. The highest BCUT2D eigenvalue weighted by atomic mass is 32.1. The van der Waals surface area contributed by atoms with Gasteiger partial charge >= 0.3 is 0 Å². The van der Waals surface area contributed by atoms with Gasteiger partial charge in [0, 0.05) is 28.1 Å². The molecule has 150 valence electrons. The first-order valence-electron chi connectivity index (χ1n) is 9.06. The van der Waals surface area contributed by atoms with Crippen LogP contribution in [0.5, 0.6) is 0 Å². The van der Waals surface area contributed by atoms with E-state index in [1.165, 1.54) is 17.4 Å². The molecule has 4 rings (SSSR count). The van der Waals surface area contributed by atoms with E-state index in [1.807, 2.05) is 42.6 Å². The maximum absolute atomic E-state index is 12.7. The van der Waals surface area contributed by atoms with Crippen LogP contribution in [0.25, 0.3) is 16.4 Å². The molecule has 30 heavy (non-hydrogen) atoms. The van der Waals surface area contributed by atoms with Gasteiger partial charge in [-0.25, -0.2) is 9.97 Å². The standard InChI is InChI=1S/C21H17N5O3S/c1-13-8-9-16(10-18(13)26(28)29)20(27)24-19-11-22-14(2)25(19)21-23-17(12-30-21)15-6-4-3-5-7-15/h3-12H,1-2H3,(H,24,27). The van der Waals surface area contributed by atoms with E-state index in [9.17, 15) is 14.9 Å². The lowest BCUT2D eigenvalue weighted by Crippen LogP contribution is -2.15. The van der Waals surface area contributed by atoms with E-state index in [2.05, 4.69) is 15.3 Å². The van der Waals surface area contributed by atoms with Crippen molar-refractivity contribution < 1.29 is 9.72 Å². The van der Waals surface area contributed by atoms with Crippen LogP contribution in [0.15, 0.2) is 60.1 Å². The average Bonchev–Trinajstić information content (AvgIpc) is 3.35. The quantitative estimate of drug-likeness (QED) is 0.371. The largest absolute Gasteiger partial charge is 0.306 e. The van der Waals surface area contributed by atoms with E-state index < -0.39 is 10.8 Å². The van der Waals surface area contributed by atoms with Crippen molar-refractivity contribution in [3.05, 3.63) is 87.2 Å². The Hall–Kier alpha value is -3.85. The zero-order valence-corrected chi connectivity index (χ0v) is 17.0. The van der Waals surface area contributed by atoms with E-state index in [1.54, 1.807) is 29.8 Å². The molecule has 2 aromatic carbocycles. The van der Waals surface area contributed by atoms with Gasteiger partial charge in [-0.05, 0) is 19.9 Å². The molecule has 0 fully saturated rings. The van der Waals surface area contributed by atoms with Crippen LogP contribution in [0.1, 0.15) is 21.7 Å². The fraction of sp³-hybridized carbons (Fsp3) is 0.0952. The summed E-state index contributed by atoms with van der Waals surface area (Å²) in [5.41, 5.74) is 2.42. The maximum Gasteiger partial charge on any atom is 0.273 e. The molecule has 9 heteroatoms. The fourth-order valence-electron chi connectivity index (χ4n) is 3.02. The van der Waals surface area contributed by atoms with Gasteiger partial charge in [-0.2, -0.15) is 0 Å². The molecule has 0 saturated heterocycles. The van der Waals surface area contributed by atoms with E-state index in [4.69, 9.17) is 0 Å². The zero-order chi connectivity index (χ0) is 21.3. The summed E-state index contributed by atoms with van der Waals surface area (Å²) in [6.07, 6.45) is 1.54. The first-order valence-corrected chi connectivity index (χ1v) is 9.94. The second kappa shape index (κ2) is 7.88. The summed E-state index contributed by atoms with van der Waals surface area (Å²) in [5, 5.41) is 16.6. The lowest BCUT2D eigenvalue weighted by molar-refractivity contribution is -0.385. The number of nitro groups is 1. The van der Waals surface area contributed by atoms with Crippen LogP contribution in [-0.4, -0.2) is 25.4 Å². The number of rotatable bonds is 5. The SMILES string of the molecule is Cc1ccc(C(=O)Nc2cnc(C)n2-c2nc(-c3ccccc3)cs2)cc1[N+](=O)[O-]. The van der Waals surface area contributed by atoms with Gasteiger partial charge in [0.15, 0.2) is 5.13 Å². The number of nitro benzene ring substituents is 1. The Kier molecular flexibility index (Phi) is 5.11. The summed E-state index contributed by atoms with van der Waals surface area (Å²) in [6, 6.07) is 14.2. The van der Waals surface area contributed by atoms with Gasteiger partial charge < -0.3 is 5.32 Å². The third-order valence-corrected chi connectivity index (χ3v) is 5.43. The number of aryl methyl sites for hydroxylation is 2. The van der Waals surface area contributed by atoms with Gasteiger partial charge in [-0.3, -0.25) is 19.5 Å². The van der Waals surface area contributed by atoms with Crippen molar-refractivity contribution in [3.63, 3.8) is 0 Å². The van der Waals surface area contributed by atoms with Crippen molar-refractivity contribution in [1.29, 1.82) is 0 Å². The fourth-order valence-corrected chi connectivity index (χ4v) is 3.91. The summed E-state index contributed by atoms with van der Waals surface area (Å²) in [7, 11) is 0. The Morgan fingerprint density at radius 2 is 1.93 bits per heavy atom. The van der Waals surface area contributed by atoms with Gasteiger partial charge in [0.1, 0.15) is 11.6 Å². The van der Waals surface area contributed by atoms with E-state index in [0.29, 0.717) is 22.3 Å². The summed E-state index contributed by atoms with van der Waals surface area (Å²) in [4.78, 5) is 32.4. The second-order valence-electron chi connectivity index (χ2n) is 6.62. The smallest absolute Gasteiger partial charge is 0.273 e. The second-order valence-corrected chi connectivity index (χ2v) is 7.46. The van der Waals surface area contributed by atoms with Gasteiger partial charge in [0.2, 0.25) is 0 Å². The van der Waals surface area contributed by atoms with Crippen molar-refractivity contribution in [2.24, 2.45) is 0 Å². The minimum atomic E-state index is -0.499. The van der Waals surface area contributed by atoms with Crippen LogP contribution < -0.4 is 5.32 Å². The Bertz CT molecular complexity index is 1250. The van der Waals surface area contributed by atoms with E-state index >= 15 is 0 Å². The normalized spacial score (nSPS) is 10.7. The topological polar surface area (TPSA) is 103 Å². The van der Waals surface area contributed by atoms with Gasteiger partial charge in [0.05, 0.1) is 16.8 Å². The molecule has 1 N–H and O–H groups in total. The first-order chi connectivity index (χ1) is 14.4. The van der Waals surface area contributed by atoms with Crippen LogP contribution in [0.2, 0.25) is 0 Å². The molecule has 0 atom stereocenters. The molecule has 0 unspecified atom stereocenters. The van der Waals surface area contributed by atoms with E-state index in [0.717, 1.165) is 11.3 Å². The van der Waals surface area contributed by atoms with E-state index in [-0.39, 0.29) is 11.3 Å². The van der Waals surface area contributed by atoms with Crippen molar-refractivity contribution in [2.75, 3.05) is 5.32 Å². The third-order valence-electron chi connectivity index (χ3n) is 4.60. The monoisotopic (exact) mass is 419 g/mol. The van der Waals surface area contributed by atoms with Crippen LogP contribution >= 0.6 is 11.3 Å². The van der Waals surface area contributed by atoms with Crippen molar-refractivity contribution in [2.45, 2.75) is 13.8 Å². The number of hydrogen-bond acceptors (Lipinski definition) is 6. The number of nitrogens with zero attached hydrogens (tertiary/aromatic N) is 4. The zero-order valence-electron chi connectivity index (χ0n) is 16.2. The number of anilines is 1. The minimum Gasteiger partial charge on any atom is -0.306 e. The van der Waals surface area contributed by atoms with Crippen LogP contribution in [0.4, 0.5) is 11.5 Å². The molecule has 0 aliphatic carbocycles. The Morgan fingerprint density at radius 3 is 2.67 bits per heavy atom. The summed E-state index contributed by atoms with van der Waals surface area (Å²) >= 11 is 1.43. The number of imidazole rings is 1. The number of nitrogens with one attached hydrogen (secondary N) is 1. The molecule has 0 spiro atoms. The first kappa shape index (κ1) is 19.5. The molecule has 0 bridgehead atoms. The Morgan fingerprint density at radius 1 is 1.17 bits per heavy atom. The molecular weight excluding hydrogens is 402 g/mol. The summed E-state index contributed by atoms with van der Waals surface area (Å²) < 4.78 is 1.75. The number of carbonyl (C=O) groups excluding carboxylic acids is 1. The predicted molar refractivity (Wildman–Crippen MR) is 115 cm³/mol. The molecule has 0 radical (unpaired) electrons. The molecule has 2 aromatic heterocycles. The Balaban J connectivity index is 1.64. The molecule has 2 heterocycles. The number of hydrogen-bond donors (Lipinski definition) is 1. The molecule has 8 nitrogen and oxygen atoms in total. The van der Waals surface area contributed by atoms with Crippen LogP contribution in [-0.2, 0) is 0 Å². The molecule has 4 aromatic rings. The third kappa shape index (κ3) is 3.70. The lowest BCUT2D eigenvalue weighted by Gasteiger charge is -2.09. The lowest BCUT2D eigenvalue weighted by atomic mass is 10.1. The maximum atomic E-state index is 12.7.